The molecule has 0 saturated heterocycles. The van der Waals surface area contributed by atoms with Crippen LogP contribution in [0.3, 0.4) is 0 Å². The summed E-state index contributed by atoms with van der Waals surface area (Å²) >= 11 is 0. The molecule has 4 nitrogen and oxygen atoms in total. The number of nitrogens with zero attached hydrogens (tertiary/aromatic N) is 1. The number of fused-ring (bicyclic) bond motifs is 1. The minimum absolute atomic E-state index is 0.0764. The maximum atomic E-state index is 12.8. The zero-order chi connectivity index (χ0) is 16.1. The Labute approximate surface area is 132 Å². The highest BCUT2D eigenvalue weighted by molar-refractivity contribution is 5.80. The third kappa shape index (κ3) is 4.03. The lowest BCUT2D eigenvalue weighted by Gasteiger charge is -2.08. The molecule has 0 unspecified atom stereocenters. The van der Waals surface area contributed by atoms with Crippen LogP contribution in [0.2, 0.25) is 0 Å². The maximum Gasteiger partial charge on any atom is 0.258 e. The second-order valence-corrected chi connectivity index (χ2v) is 5.05. The van der Waals surface area contributed by atoms with E-state index < -0.39 is 0 Å². The van der Waals surface area contributed by atoms with E-state index in [1.165, 1.54) is 12.1 Å². The summed E-state index contributed by atoms with van der Waals surface area (Å²) in [6.45, 7) is 0.261. The van der Waals surface area contributed by atoms with Gasteiger partial charge in [-0.3, -0.25) is 9.78 Å². The fourth-order valence-electron chi connectivity index (χ4n) is 2.15. The number of aromatic nitrogens is 1. The maximum absolute atomic E-state index is 12.8. The summed E-state index contributed by atoms with van der Waals surface area (Å²) in [6, 6.07) is 15.2. The lowest BCUT2D eigenvalue weighted by atomic mass is 10.2. The largest absolute Gasteiger partial charge is 0.484 e. The van der Waals surface area contributed by atoms with E-state index in [4.69, 9.17) is 4.74 Å². The number of pyridine rings is 1. The molecule has 0 spiro atoms. The molecule has 3 aromatic rings. The number of benzene rings is 2. The van der Waals surface area contributed by atoms with Crippen LogP contribution in [-0.4, -0.2) is 17.5 Å². The average molecular weight is 310 g/mol. The molecule has 2 aromatic carbocycles. The van der Waals surface area contributed by atoms with E-state index >= 15 is 0 Å². The first-order chi connectivity index (χ1) is 11.2. The van der Waals surface area contributed by atoms with Crippen LogP contribution in [-0.2, 0) is 11.3 Å². The summed E-state index contributed by atoms with van der Waals surface area (Å²) in [5.74, 6) is 0.0808. The Hall–Kier alpha value is -2.95. The van der Waals surface area contributed by atoms with E-state index in [9.17, 15) is 9.18 Å². The highest BCUT2D eigenvalue weighted by Gasteiger charge is 2.04. The molecule has 1 aromatic heterocycles. The summed E-state index contributed by atoms with van der Waals surface area (Å²) in [5.41, 5.74) is 1.71. The van der Waals surface area contributed by atoms with Gasteiger partial charge in [-0.2, -0.15) is 0 Å². The van der Waals surface area contributed by atoms with Gasteiger partial charge < -0.3 is 10.1 Å². The van der Waals surface area contributed by atoms with Crippen LogP contribution in [0, 0.1) is 5.82 Å². The zero-order valence-corrected chi connectivity index (χ0v) is 12.3. The van der Waals surface area contributed by atoms with E-state index in [0.717, 1.165) is 16.5 Å². The Morgan fingerprint density at radius 1 is 1.13 bits per heavy atom. The number of hydrogen-bond donors (Lipinski definition) is 1. The van der Waals surface area contributed by atoms with Crippen molar-refractivity contribution in [3.05, 3.63) is 72.2 Å². The number of rotatable bonds is 5. The number of carbonyl (C=O) groups is 1. The first-order valence-corrected chi connectivity index (χ1v) is 7.19. The lowest BCUT2D eigenvalue weighted by Crippen LogP contribution is -2.28. The van der Waals surface area contributed by atoms with E-state index in [1.54, 1.807) is 24.4 Å². The normalized spacial score (nSPS) is 10.5. The van der Waals surface area contributed by atoms with Gasteiger partial charge in [0.2, 0.25) is 0 Å². The summed E-state index contributed by atoms with van der Waals surface area (Å²) in [7, 11) is 0. The number of ether oxygens (including phenoxy) is 1. The van der Waals surface area contributed by atoms with E-state index in [-0.39, 0.29) is 18.3 Å². The molecular formula is C18H15FN2O2. The van der Waals surface area contributed by atoms with Crippen molar-refractivity contribution in [2.24, 2.45) is 0 Å². The molecule has 23 heavy (non-hydrogen) atoms. The Kier molecular flexibility index (Phi) is 4.47. The van der Waals surface area contributed by atoms with Gasteiger partial charge >= 0.3 is 0 Å². The Balaban J connectivity index is 1.52. The minimum atomic E-state index is -0.297. The van der Waals surface area contributed by atoms with E-state index in [1.807, 2.05) is 24.3 Å². The molecule has 5 heteroatoms. The molecule has 0 atom stereocenters. The van der Waals surface area contributed by atoms with Crippen LogP contribution in [0.4, 0.5) is 4.39 Å². The predicted octanol–water partition coefficient (Wildman–Crippen LogP) is 3.07. The summed E-state index contributed by atoms with van der Waals surface area (Å²) < 4.78 is 18.3. The molecule has 116 valence electrons. The van der Waals surface area contributed by atoms with Gasteiger partial charge in [0.25, 0.3) is 5.91 Å². The van der Waals surface area contributed by atoms with Gasteiger partial charge in [0.15, 0.2) is 6.61 Å². The molecule has 0 bridgehead atoms. The smallest absolute Gasteiger partial charge is 0.258 e. The van der Waals surface area contributed by atoms with Crippen molar-refractivity contribution in [1.82, 2.24) is 10.3 Å². The fourth-order valence-corrected chi connectivity index (χ4v) is 2.15. The molecule has 0 aliphatic heterocycles. The van der Waals surface area contributed by atoms with Crippen molar-refractivity contribution in [2.75, 3.05) is 6.61 Å². The van der Waals surface area contributed by atoms with Gasteiger partial charge in [0.05, 0.1) is 5.52 Å². The third-order valence-corrected chi connectivity index (χ3v) is 3.35. The van der Waals surface area contributed by atoms with Crippen molar-refractivity contribution in [2.45, 2.75) is 6.54 Å². The molecule has 0 aliphatic carbocycles. The monoisotopic (exact) mass is 310 g/mol. The number of hydrogen-bond acceptors (Lipinski definition) is 3. The number of carbonyl (C=O) groups excluding carboxylic acids is 1. The van der Waals surface area contributed by atoms with Crippen molar-refractivity contribution < 1.29 is 13.9 Å². The summed E-state index contributed by atoms with van der Waals surface area (Å²) in [6.07, 6.45) is 1.73. The lowest BCUT2D eigenvalue weighted by molar-refractivity contribution is -0.123. The van der Waals surface area contributed by atoms with Crippen LogP contribution in [0.5, 0.6) is 5.75 Å². The van der Waals surface area contributed by atoms with Crippen LogP contribution in [0.1, 0.15) is 5.56 Å². The standard InChI is InChI=1S/C18H15FN2O2/c19-15-5-3-13(4-6-15)11-21-18(22)12-23-16-7-8-17-14(10-16)2-1-9-20-17/h1-10H,11-12H2,(H,21,22). The second kappa shape index (κ2) is 6.87. The number of amides is 1. The molecule has 1 amide bonds. The Bertz CT molecular complexity index is 819. The van der Waals surface area contributed by atoms with Crippen LogP contribution in [0.25, 0.3) is 10.9 Å². The first kappa shape index (κ1) is 15.0. The molecular weight excluding hydrogens is 295 g/mol. The first-order valence-electron chi connectivity index (χ1n) is 7.19. The van der Waals surface area contributed by atoms with Gasteiger partial charge in [0, 0.05) is 18.1 Å². The minimum Gasteiger partial charge on any atom is -0.484 e. The summed E-state index contributed by atoms with van der Waals surface area (Å²) in [4.78, 5) is 16.0. The molecule has 3 rings (SSSR count). The van der Waals surface area contributed by atoms with Crippen LogP contribution >= 0.6 is 0 Å². The molecule has 0 fully saturated rings. The second-order valence-electron chi connectivity index (χ2n) is 5.05. The SMILES string of the molecule is O=C(COc1ccc2ncccc2c1)NCc1ccc(F)cc1. The van der Waals surface area contributed by atoms with Crippen molar-refractivity contribution in [3.8, 4) is 5.75 Å². The van der Waals surface area contributed by atoms with E-state index in [0.29, 0.717) is 12.3 Å². The van der Waals surface area contributed by atoms with E-state index in [2.05, 4.69) is 10.3 Å². The molecule has 1 heterocycles. The zero-order valence-electron chi connectivity index (χ0n) is 12.3. The van der Waals surface area contributed by atoms with Crippen LogP contribution < -0.4 is 10.1 Å². The van der Waals surface area contributed by atoms with Crippen molar-refractivity contribution in [3.63, 3.8) is 0 Å². The van der Waals surface area contributed by atoms with Gasteiger partial charge in [0.1, 0.15) is 11.6 Å². The summed E-state index contributed by atoms with van der Waals surface area (Å²) in [5, 5.41) is 3.68. The molecule has 1 N–H and O–H groups in total. The quantitative estimate of drug-likeness (QED) is 0.788. The topological polar surface area (TPSA) is 51.2 Å². The van der Waals surface area contributed by atoms with Crippen LogP contribution in [0.15, 0.2) is 60.8 Å². The molecule has 0 saturated carbocycles. The highest BCUT2D eigenvalue weighted by atomic mass is 19.1. The fraction of sp³-hybridized carbons (Fsp3) is 0.111. The highest BCUT2D eigenvalue weighted by Crippen LogP contribution is 2.18. The van der Waals surface area contributed by atoms with Gasteiger partial charge in [-0.15, -0.1) is 0 Å². The van der Waals surface area contributed by atoms with Gasteiger partial charge in [-0.25, -0.2) is 4.39 Å². The van der Waals surface area contributed by atoms with Gasteiger partial charge in [-0.05, 0) is 42.0 Å². The van der Waals surface area contributed by atoms with Gasteiger partial charge in [-0.1, -0.05) is 18.2 Å². The Morgan fingerprint density at radius 2 is 1.96 bits per heavy atom. The third-order valence-electron chi connectivity index (χ3n) is 3.35. The predicted molar refractivity (Wildman–Crippen MR) is 85.5 cm³/mol. The van der Waals surface area contributed by atoms with Crippen molar-refractivity contribution in [1.29, 1.82) is 0 Å². The molecule has 0 aliphatic rings. The Morgan fingerprint density at radius 3 is 2.78 bits per heavy atom. The van der Waals surface area contributed by atoms with Crippen molar-refractivity contribution >= 4 is 16.8 Å². The molecule has 0 radical (unpaired) electrons. The average Bonchev–Trinajstić information content (AvgIpc) is 2.59. The number of halogens is 1. The number of nitrogens with one attached hydrogen (secondary N) is 1.